The van der Waals surface area contributed by atoms with Crippen molar-refractivity contribution in [3.63, 3.8) is 0 Å². The van der Waals surface area contributed by atoms with E-state index in [1.165, 1.54) is 0 Å². The molecule has 0 amide bonds. The highest BCUT2D eigenvalue weighted by atomic mass is 16.5. The van der Waals surface area contributed by atoms with Crippen molar-refractivity contribution in [1.82, 2.24) is 0 Å². The summed E-state index contributed by atoms with van der Waals surface area (Å²) in [6, 6.07) is 14.5. The first kappa shape index (κ1) is 12.8. The number of nitriles is 1. The van der Waals surface area contributed by atoms with Gasteiger partial charge in [0.2, 0.25) is 0 Å². The Hall–Kier alpha value is -2.67. The molecule has 0 unspecified atom stereocenters. The van der Waals surface area contributed by atoms with Crippen LogP contribution in [0, 0.1) is 11.3 Å². The van der Waals surface area contributed by atoms with Gasteiger partial charge in [0, 0.05) is 18.3 Å². The highest BCUT2D eigenvalue weighted by Gasteiger charge is 2.03. The van der Waals surface area contributed by atoms with Gasteiger partial charge in [0.05, 0.1) is 12.7 Å². The number of nitrogens with one attached hydrogen (secondary N) is 1. The Labute approximate surface area is 111 Å². The maximum Gasteiger partial charge on any atom is 0.136 e. The number of hydrogen-bond donors (Lipinski definition) is 2. The number of aromatic hydroxyl groups is 1. The molecule has 19 heavy (non-hydrogen) atoms. The summed E-state index contributed by atoms with van der Waals surface area (Å²) in [5.74, 6) is 0.793. The Kier molecular flexibility index (Phi) is 3.89. The molecule has 0 spiro atoms. The summed E-state index contributed by atoms with van der Waals surface area (Å²) in [6.07, 6.45) is 0. The van der Waals surface area contributed by atoms with Crippen molar-refractivity contribution >= 4 is 5.69 Å². The molecule has 4 heteroatoms. The fourth-order valence-corrected chi connectivity index (χ4v) is 1.77. The molecule has 0 bridgehead atoms. The number of phenols is 1. The Morgan fingerprint density at radius 1 is 1.26 bits per heavy atom. The molecule has 0 aliphatic heterocycles. The third-order valence-corrected chi connectivity index (χ3v) is 2.73. The SMILES string of the molecule is COc1ccc(CNc2cccc(O)c2)cc1C#N. The molecule has 2 aromatic carbocycles. The summed E-state index contributed by atoms with van der Waals surface area (Å²) in [5.41, 5.74) is 2.31. The van der Waals surface area contributed by atoms with E-state index in [0.29, 0.717) is 17.9 Å². The summed E-state index contributed by atoms with van der Waals surface area (Å²) in [7, 11) is 1.54. The molecular formula is C15H14N2O2. The second kappa shape index (κ2) is 5.78. The Morgan fingerprint density at radius 3 is 2.79 bits per heavy atom. The maximum absolute atomic E-state index is 9.36. The fraction of sp³-hybridized carbons (Fsp3) is 0.133. The van der Waals surface area contributed by atoms with Crippen LogP contribution in [0.4, 0.5) is 5.69 Å². The van der Waals surface area contributed by atoms with Crippen molar-refractivity contribution in [3.05, 3.63) is 53.6 Å². The lowest BCUT2D eigenvalue weighted by atomic mass is 10.1. The largest absolute Gasteiger partial charge is 0.508 e. The van der Waals surface area contributed by atoms with Crippen molar-refractivity contribution in [3.8, 4) is 17.6 Å². The van der Waals surface area contributed by atoms with Crippen molar-refractivity contribution in [2.24, 2.45) is 0 Å². The smallest absolute Gasteiger partial charge is 0.136 e. The van der Waals surface area contributed by atoms with E-state index in [-0.39, 0.29) is 5.75 Å². The molecule has 0 aliphatic carbocycles. The number of rotatable bonds is 4. The zero-order chi connectivity index (χ0) is 13.7. The monoisotopic (exact) mass is 254 g/mol. The number of hydrogen-bond acceptors (Lipinski definition) is 4. The van der Waals surface area contributed by atoms with Gasteiger partial charge in [-0.2, -0.15) is 5.26 Å². The molecule has 2 aromatic rings. The first-order valence-electron chi connectivity index (χ1n) is 5.83. The number of methoxy groups -OCH3 is 1. The predicted octanol–water partition coefficient (Wildman–Crippen LogP) is 2.88. The maximum atomic E-state index is 9.36. The zero-order valence-electron chi connectivity index (χ0n) is 10.6. The van der Waals surface area contributed by atoms with Crippen LogP contribution in [0.5, 0.6) is 11.5 Å². The minimum atomic E-state index is 0.220. The number of benzene rings is 2. The Bertz CT molecular complexity index is 618. The molecule has 0 radical (unpaired) electrons. The van der Waals surface area contributed by atoms with Crippen LogP contribution >= 0.6 is 0 Å². The second-order valence-corrected chi connectivity index (χ2v) is 4.05. The predicted molar refractivity (Wildman–Crippen MR) is 73.1 cm³/mol. The molecule has 4 nitrogen and oxygen atoms in total. The molecule has 0 fully saturated rings. The van der Waals surface area contributed by atoms with Crippen LogP contribution in [0.3, 0.4) is 0 Å². The van der Waals surface area contributed by atoms with Crippen LogP contribution in [0.2, 0.25) is 0 Å². The molecule has 2 rings (SSSR count). The van der Waals surface area contributed by atoms with Crippen molar-refractivity contribution < 1.29 is 9.84 Å². The van der Waals surface area contributed by atoms with Gasteiger partial charge < -0.3 is 15.2 Å². The van der Waals surface area contributed by atoms with Gasteiger partial charge in [0.15, 0.2) is 0 Å². The van der Waals surface area contributed by atoms with E-state index in [0.717, 1.165) is 11.3 Å². The van der Waals surface area contributed by atoms with Crippen molar-refractivity contribution in [1.29, 1.82) is 5.26 Å². The molecule has 0 saturated heterocycles. The average molecular weight is 254 g/mol. The molecule has 0 aromatic heterocycles. The van der Waals surface area contributed by atoms with Gasteiger partial charge in [-0.05, 0) is 29.8 Å². The van der Waals surface area contributed by atoms with Crippen molar-refractivity contribution in [2.75, 3.05) is 12.4 Å². The fourth-order valence-electron chi connectivity index (χ4n) is 1.77. The minimum absolute atomic E-state index is 0.220. The Balaban J connectivity index is 2.10. The minimum Gasteiger partial charge on any atom is -0.508 e. The normalized spacial score (nSPS) is 9.68. The van der Waals surface area contributed by atoms with Gasteiger partial charge in [0.25, 0.3) is 0 Å². The summed E-state index contributed by atoms with van der Waals surface area (Å²) in [4.78, 5) is 0. The zero-order valence-corrected chi connectivity index (χ0v) is 10.6. The molecule has 96 valence electrons. The van der Waals surface area contributed by atoms with Gasteiger partial charge in [-0.1, -0.05) is 12.1 Å². The second-order valence-electron chi connectivity index (χ2n) is 4.05. The summed E-state index contributed by atoms with van der Waals surface area (Å²) in [6.45, 7) is 0.572. The third-order valence-electron chi connectivity index (χ3n) is 2.73. The van der Waals surface area contributed by atoms with E-state index in [4.69, 9.17) is 10.00 Å². The van der Waals surface area contributed by atoms with Crippen LogP contribution in [-0.2, 0) is 6.54 Å². The topological polar surface area (TPSA) is 65.3 Å². The van der Waals surface area contributed by atoms with Crippen LogP contribution in [0.25, 0.3) is 0 Å². The van der Waals surface area contributed by atoms with Crippen LogP contribution in [-0.4, -0.2) is 12.2 Å². The van der Waals surface area contributed by atoms with Gasteiger partial charge in [-0.15, -0.1) is 0 Å². The Morgan fingerprint density at radius 2 is 2.11 bits per heavy atom. The molecule has 0 aliphatic rings. The number of phenolic OH excluding ortho intramolecular Hbond substituents is 1. The first-order chi connectivity index (χ1) is 9.22. The van der Waals surface area contributed by atoms with Crippen LogP contribution < -0.4 is 10.1 Å². The average Bonchev–Trinajstić information content (AvgIpc) is 2.45. The van der Waals surface area contributed by atoms with E-state index in [9.17, 15) is 5.11 Å². The lowest BCUT2D eigenvalue weighted by Crippen LogP contribution is -2.00. The summed E-state index contributed by atoms with van der Waals surface area (Å²) in [5, 5.41) is 21.6. The van der Waals surface area contributed by atoms with E-state index in [1.54, 1.807) is 37.4 Å². The lowest BCUT2D eigenvalue weighted by Gasteiger charge is -2.09. The summed E-state index contributed by atoms with van der Waals surface area (Å²) >= 11 is 0. The van der Waals surface area contributed by atoms with Gasteiger partial charge in [0.1, 0.15) is 17.6 Å². The highest BCUT2D eigenvalue weighted by Crippen LogP contribution is 2.20. The highest BCUT2D eigenvalue weighted by molar-refractivity contribution is 5.50. The standard InChI is InChI=1S/C15H14N2O2/c1-19-15-6-5-11(7-12(15)9-16)10-17-13-3-2-4-14(18)8-13/h2-8,17-18H,10H2,1H3. The number of ether oxygens (including phenoxy) is 1. The van der Waals surface area contributed by atoms with Gasteiger partial charge >= 0.3 is 0 Å². The number of anilines is 1. The van der Waals surface area contributed by atoms with Crippen LogP contribution in [0.1, 0.15) is 11.1 Å². The van der Waals surface area contributed by atoms with Crippen LogP contribution in [0.15, 0.2) is 42.5 Å². The third kappa shape index (κ3) is 3.17. The molecule has 0 atom stereocenters. The van der Waals surface area contributed by atoms with E-state index >= 15 is 0 Å². The molecule has 0 saturated carbocycles. The van der Waals surface area contributed by atoms with Crippen molar-refractivity contribution in [2.45, 2.75) is 6.54 Å². The van der Waals surface area contributed by atoms with E-state index in [1.807, 2.05) is 12.1 Å². The molecule has 2 N–H and O–H groups in total. The first-order valence-corrected chi connectivity index (χ1v) is 5.83. The quantitative estimate of drug-likeness (QED) is 0.880. The summed E-state index contributed by atoms with van der Waals surface area (Å²) < 4.78 is 5.09. The number of nitrogens with zero attached hydrogens (tertiary/aromatic N) is 1. The molecular weight excluding hydrogens is 240 g/mol. The lowest BCUT2D eigenvalue weighted by molar-refractivity contribution is 0.413. The van der Waals surface area contributed by atoms with E-state index in [2.05, 4.69) is 11.4 Å². The van der Waals surface area contributed by atoms with Gasteiger partial charge in [-0.3, -0.25) is 0 Å². The van der Waals surface area contributed by atoms with E-state index < -0.39 is 0 Å². The molecule has 0 heterocycles. The van der Waals surface area contributed by atoms with Gasteiger partial charge in [-0.25, -0.2) is 0 Å².